The molecule has 0 aliphatic heterocycles. The van der Waals surface area contributed by atoms with Crippen LogP contribution in [0.15, 0.2) is 73.1 Å². The molecule has 1 heterocycles. The maximum absolute atomic E-state index is 13.0. The highest BCUT2D eigenvalue weighted by atomic mass is 19.1. The first-order chi connectivity index (χ1) is 12.2. The van der Waals surface area contributed by atoms with Crippen LogP contribution in [0.25, 0.3) is 0 Å². The van der Waals surface area contributed by atoms with Gasteiger partial charge in [-0.3, -0.25) is 4.79 Å². The molecule has 1 aromatic heterocycles. The normalized spacial score (nSPS) is 11.8. The van der Waals surface area contributed by atoms with Crippen LogP contribution in [0.4, 0.5) is 10.1 Å². The minimum Gasteiger partial charge on any atom is -0.497 e. The molecule has 3 aromatic rings. The van der Waals surface area contributed by atoms with E-state index < -0.39 is 0 Å². The van der Waals surface area contributed by atoms with E-state index >= 15 is 0 Å². The van der Waals surface area contributed by atoms with Gasteiger partial charge in [-0.15, -0.1) is 0 Å². The van der Waals surface area contributed by atoms with Crippen molar-refractivity contribution in [2.75, 3.05) is 12.4 Å². The number of carbonyl (C=O) groups excluding carboxylic acids is 1. The Balaban J connectivity index is 1.77. The highest BCUT2D eigenvalue weighted by Gasteiger charge is 2.17. The number of ether oxygens (including phenoxy) is 1. The average molecular weight is 338 g/mol. The summed E-state index contributed by atoms with van der Waals surface area (Å²) in [6.07, 6.45) is 4.12. The van der Waals surface area contributed by atoms with Crippen molar-refractivity contribution in [3.63, 3.8) is 0 Å². The molecule has 2 aromatic carbocycles. The van der Waals surface area contributed by atoms with E-state index in [0.717, 1.165) is 11.3 Å². The number of amides is 1. The third kappa shape index (κ3) is 4.26. The lowest BCUT2D eigenvalue weighted by Crippen LogP contribution is -2.19. The fourth-order valence-electron chi connectivity index (χ4n) is 2.70. The molecule has 1 amide bonds. The van der Waals surface area contributed by atoms with Crippen LogP contribution in [-0.2, 0) is 4.79 Å². The lowest BCUT2D eigenvalue weighted by molar-refractivity contribution is -0.116. The van der Waals surface area contributed by atoms with Gasteiger partial charge in [0.1, 0.15) is 11.6 Å². The number of aromatic nitrogens is 1. The van der Waals surface area contributed by atoms with E-state index in [2.05, 4.69) is 5.32 Å². The predicted octanol–water partition coefficient (Wildman–Crippen LogP) is 4.25. The molecule has 0 aliphatic carbocycles. The summed E-state index contributed by atoms with van der Waals surface area (Å²) in [5.74, 6) is 0.299. The molecule has 3 rings (SSSR count). The van der Waals surface area contributed by atoms with Gasteiger partial charge < -0.3 is 14.6 Å². The quantitative estimate of drug-likeness (QED) is 0.730. The first-order valence-corrected chi connectivity index (χ1v) is 7.97. The van der Waals surface area contributed by atoms with E-state index in [4.69, 9.17) is 4.74 Å². The molecule has 0 saturated heterocycles. The zero-order chi connectivity index (χ0) is 17.6. The Bertz CT molecular complexity index is 812. The fourth-order valence-corrected chi connectivity index (χ4v) is 2.70. The van der Waals surface area contributed by atoms with E-state index in [9.17, 15) is 9.18 Å². The monoisotopic (exact) mass is 338 g/mol. The van der Waals surface area contributed by atoms with Gasteiger partial charge in [-0.05, 0) is 54.1 Å². The summed E-state index contributed by atoms with van der Waals surface area (Å²) in [6.45, 7) is 0. The van der Waals surface area contributed by atoms with Gasteiger partial charge in [-0.25, -0.2) is 4.39 Å². The highest BCUT2D eigenvalue weighted by molar-refractivity contribution is 5.91. The highest BCUT2D eigenvalue weighted by Crippen LogP contribution is 2.25. The van der Waals surface area contributed by atoms with Gasteiger partial charge >= 0.3 is 0 Å². The van der Waals surface area contributed by atoms with Crippen LogP contribution in [0.3, 0.4) is 0 Å². The Labute approximate surface area is 145 Å². The summed E-state index contributed by atoms with van der Waals surface area (Å²) in [5.41, 5.74) is 1.58. The number of halogens is 1. The Morgan fingerprint density at radius 1 is 1.08 bits per heavy atom. The van der Waals surface area contributed by atoms with Crippen molar-refractivity contribution < 1.29 is 13.9 Å². The average Bonchev–Trinajstić information content (AvgIpc) is 3.16. The number of hydrogen-bond donors (Lipinski definition) is 1. The molecule has 0 aliphatic rings. The standard InChI is InChI=1S/C20H19FN2O2/c1-25-18-10-4-15(5-11-18)19(23-12-2-3-13-23)14-20(24)22-17-8-6-16(21)7-9-17/h2-13,19H,14H2,1H3,(H,22,24)/t19-/m0/s1. The number of nitrogens with one attached hydrogen (secondary N) is 1. The minimum absolute atomic E-state index is 0.138. The predicted molar refractivity (Wildman–Crippen MR) is 95.2 cm³/mol. The molecular weight excluding hydrogens is 319 g/mol. The van der Waals surface area contributed by atoms with Crippen molar-refractivity contribution in [3.8, 4) is 5.75 Å². The molecule has 25 heavy (non-hydrogen) atoms. The second-order valence-electron chi connectivity index (χ2n) is 5.68. The number of hydrogen-bond acceptors (Lipinski definition) is 2. The lowest BCUT2D eigenvalue weighted by atomic mass is 10.0. The number of rotatable bonds is 6. The molecule has 0 bridgehead atoms. The summed E-state index contributed by atoms with van der Waals surface area (Å²) in [5, 5.41) is 2.81. The van der Waals surface area contributed by atoms with Crippen LogP contribution < -0.4 is 10.1 Å². The molecule has 0 spiro atoms. The number of benzene rings is 2. The van der Waals surface area contributed by atoms with Crippen molar-refractivity contribution >= 4 is 11.6 Å². The van der Waals surface area contributed by atoms with Gasteiger partial charge in [0.25, 0.3) is 0 Å². The van der Waals surface area contributed by atoms with Crippen LogP contribution in [0, 0.1) is 5.82 Å². The van der Waals surface area contributed by atoms with Crippen molar-refractivity contribution in [2.45, 2.75) is 12.5 Å². The smallest absolute Gasteiger partial charge is 0.226 e. The first kappa shape index (κ1) is 16.8. The number of methoxy groups -OCH3 is 1. The van der Waals surface area contributed by atoms with Gasteiger partial charge in [0.05, 0.1) is 19.6 Å². The number of anilines is 1. The van der Waals surface area contributed by atoms with Gasteiger partial charge in [0.15, 0.2) is 0 Å². The van der Waals surface area contributed by atoms with Crippen LogP contribution in [-0.4, -0.2) is 17.6 Å². The fraction of sp³-hybridized carbons (Fsp3) is 0.150. The molecule has 1 atom stereocenters. The van der Waals surface area contributed by atoms with Crippen molar-refractivity contribution in [1.29, 1.82) is 0 Å². The zero-order valence-corrected chi connectivity index (χ0v) is 13.9. The Kier molecular flexibility index (Phi) is 5.14. The summed E-state index contributed by atoms with van der Waals surface area (Å²) in [7, 11) is 1.62. The topological polar surface area (TPSA) is 43.3 Å². The maximum atomic E-state index is 13.0. The first-order valence-electron chi connectivity index (χ1n) is 7.97. The zero-order valence-electron chi connectivity index (χ0n) is 13.9. The molecule has 0 unspecified atom stereocenters. The summed E-state index contributed by atoms with van der Waals surface area (Å²) < 4.78 is 20.2. The lowest BCUT2D eigenvalue weighted by Gasteiger charge is -2.19. The van der Waals surface area contributed by atoms with E-state index in [1.54, 1.807) is 19.2 Å². The van der Waals surface area contributed by atoms with Crippen LogP contribution in [0.1, 0.15) is 18.0 Å². The van der Waals surface area contributed by atoms with Gasteiger partial charge in [0.2, 0.25) is 5.91 Å². The van der Waals surface area contributed by atoms with Crippen LogP contribution in [0.5, 0.6) is 5.75 Å². The molecule has 1 N–H and O–H groups in total. The Morgan fingerprint density at radius 2 is 1.72 bits per heavy atom. The van der Waals surface area contributed by atoms with Crippen molar-refractivity contribution in [3.05, 3.63) is 84.4 Å². The molecular formula is C20H19FN2O2. The summed E-state index contributed by atoms with van der Waals surface area (Å²) in [4.78, 5) is 12.5. The Morgan fingerprint density at radius 3 is 2.32 bits per heavy atom. The van der Waals surface area contributed by atoms with E-state index in [-0.39, 0.29) is 24.2 Å². The van der Waals surface area contributed by atoms with Gasteiger partial charge in [0, 0.05) is 18.1 Å². The van der Waals surface area contributed by atoms with E-state index in [1.807, 2.05) is 53.4 Å². The largest absolute Gasteiger partial charge is 0.497 e. The van der Waals surface area contributed by atoms with Gasteiger partial charge in [-0.2, -0.15) is 0 Å². The van der Waals surface area contributed by atoms with Gasteiger partial charge in [-0.1, -0.05) is 12.1 Å². The summed E-state index contributed by atoms with van der Waals surface area (Å²) in [6, 6.07) is 17.1. The Hall–Kier alpha value is -3.08. The molecule has 0 fully saturated rings. The van der Waals surface area contributed by atoms with Crippen LogP contribution >= 0.6 is 0 Å². The maximum Gasteiger partial charge on any atom is 0.226 e. The van der Waals surface area contributed by atoms with E-state index in [1.165, 1.54) is 12.1 Å². The molecule has 128 valence electrons. The second kappa shape index (κ2) is 7.66. The molecule has 0 radical (unpaired) electrons. The third-order valence-corrected chi connectivity index (χ3v) is 3.99. The van der Waals surface area contributed by atoms with E-state index in [0.29, 0.717) is 5.69 Å². The van der Waals surface area contributed by atoms with Crippen molar-refractivity contribution in [1.82, 2.24) is 4.57 Å². The third-order valence-electron chi connectivity index (χ3n) is 3.99. The van der Waals surface area contributed by atoms with Crippen LogP contribution in [0.2, 0.25) is 0 Å². The minimum atomic E-state index is -0.332. The second-order valence-corrected chi connectivity index (χ2v) is 5.68. The molecule has 4 nitrogen and oxygen atoms in total. The summed E-state index contributed by atoms with van der Waals surface area (Å²) >= 11 is 0. The number of carbonyl (C=O) groups is 1. The van der Waals surface area contributed by atoms with Crippen molar-refractivity contribution in [2.24, 2.45) is 0 Å². The number of nitrogens with zero attached hydrogens (tertiary/aromatic N) is 1. The SMILES string of the molecule is COc1ccc([C@H](CC(=O)Nc2ccc(F)cc2)n2cccc2)cc1. The molecule has 0 saturated carbocycles. The molecule has 5 heteroatoms.